The zero-order valence-corrected chi connectivity index (χ0v) is 14.0. The van der Waals surface area contributed by atoms with E-state index in [-0.39, 0.29) is 23.7 Å². The summed E-state index contributed by atoms with van der Waals surface area (Å²) in [6.45, 7) is 2.47. The molecule has 25 heavy (non-hydrogen) atoms. The molecule has 0 saturated carbocycles. The third kappa shape index (κ3) is 4.52. The fourth-order valence-corrected chi connectivity index (χ4v) is 2.97. The van der Waals surface area contributed by atoms with Gasteiger partial charge in [-0.2, -0.15) is 0 Å². The quantitative estimate of drug-likeness (QED) is 0.560. The van der Waals surface area contributed by atoms with Gasteiger partial charge >= 0.3 is 0 Å². The third-order valence-corrected chi connectivity index (χ3v) is 4.28. The Hall–Kier alpha value is -2.52. The SMILES string of the molecule is CC(OCc1ccccc1)C(c1ccc(F)cc1)c1ccc(F)cc1. The van der Waals surface area contributed by atoms with E-state index in [4.69, 9.17) is 4.74 Å². The predicted octanol–water partition coefficient (Wildman–Crippen LogP) is 5.70. The molecular weight excluding hydrogens is 318 g/mol. The Morgan fingerprint density at radius 3 is 1.68 bits per heavy atom. The van der Waals surface area contributed by atoms with Crippen molar-refractivity contribution in [2.45, 2.75) is 25.6 Å². The fourth-order valence-electron chi connectivity index (χ4n) is 2.97. The van der Waals surface area contributed by atoms with Gasteiger partial charge in [0.25, 0.3) is 0 Å². The summed E-state index contributed by atoms with van der Waals surface area (Å²) in [6.07, 6.45) is -0.156. The lowest BCUT2D eigenvalue weighted by Crippen LogP contribution is -2.20. The predicted molar refractivity (Wildman–Crippen MR) is 95.3 cm³/mol. The molecule has 3 heteroatoms. The molecule has 3 rings (SSSR count). The van der Waals surface area contributed by atoms with Crippen LogP contribution in [0.25, 0.3) is 0 Å². The molecule has 0 amide bonds. The molecule has 128 valence electrons. The number of hydrogen-bond donors (Lipinski definition) is 0. The standard InChI is InChI=1S/C22H20F2O/c1-16(25-15-17-5-3-2-4-6-17)22(18-7-11-20(23)12-8-18)19-9-13-21(24)14-10-19/h2-14,16,22H,15H2,1H3. The zero-order valence-electron chi connectivity index (χ0n) is 14.0. The number of ether oxygens (including phenoxy) is 1. The molecular formula is C22H20F2O. The molecule has 1 atom stereocenters. The van der Waals surface area contributed by atoms with Crippen LogP contribution in [-0.2, 0) is 11.3 Å². The molecule has 0 bridgehead atoms. The average molecular weight is 338 g/mol. The van der Waals surface area contributed by atoms with Gasteiger partial charge in [0.15, 0.2) is 0 Å². The highest BCUT2D eigenvalue weighted by Gasteiger charge is 2.22. The van der Waals surface area contributed by atoms with Crippen molar-refractivity contribution in [1.29, 1.82) is 0 Å². The Kier molecular flexibility index (Phi) is 5.56. The van der Waals surface area contributed by atoms with Crippen molar-refractivity contribution in [3.8, 4) is 0 Å². The molecule has 0 spiro atoms. The summed E-state index contributed by atoms with van der Waals surface area (Å²) in [5.74, 6) is -0.663. The van der Waals surface area contributed by atoms with Crippen LogP contribution in [0.3, 0.4) is 0 Å². The van der Waals surface area contributed by atoms with Crippen molar-refractivity contribution in [2.24, 2.45) is 0 Å². The van der Waals surface area contributed by atoms with Crippen LogP contribution >= 0.6 is 0 Å². The summed E-state index contributed by atoms with van der Waals surface area (Å²) in [6, 6.07) is 22.7. The van der Waals surface area contributed by atoms with E-state index in [2.05, 4.69) is 0 Å². The summed E-state index contributed by atoms with van der Waals surface area (Å²) in [7, 11) is 0. The van der Waals surface area contributed by atoms with Crippen molar-refractivity contribution in [2.75, 3.05) is 0 Å². The summed E-state index contributed by atoms with van der Waals surface area (Å²) >= 11 is 0. The summed E-state index contributed by atoms with van der Waals surface area (Å²) in [4.78, 5) is 0. The van der Waals surface area contributed by atoms with E-state index in [1.165, 1.54) is 24.3 Å². The number of benzene rings is 3. The van der Waals surface area contributed by atoms with E-state index in [1.807, 2.05) is 37.3 Å². The Balaban J connectivity index is 1.84. The maximum absolute atomic E-state index is 13.3. The molecule has 0 aliphatic heterocycles. The largest absolute Gasteiger partial charge is 0.373 e. The Bertz CT molecular complexity index is 737. The number of halogens is 2. The van der Waals surface area contributed by atoms with Gasteiger partial charge in [-0.3, -0.25) is 0 Å². The van der Waals surface area contributed by atoms with Crippen molar-refractivity contribution < 1.29 is 13.5 Å². The molecule has 0 saturated heterocycles. The molecule has 0 fully saturated rings. The molecule has 3 aromatic rings. The topological polar surface area (TPSA) is 9.23 Å². The van der Waals surface area contributed by atoms with Crippen LogP contribution in [0.1, 0.15) is 29.5 Å². The molecule has 3 aromatic carbocycles. The monoisotopic (exact) mass is 338 g/mol. The van der Waals surface area contributed by atoms with Crippen LogP contribution in [0.5, 0.6) is 0 Å². The minimum atomic E-state index is -0.278. The second-order valence-corrected chi connectivity index (χ2v) is 6.08. The highest BCUT2D eigenvalue weighted by molar-refractivity contribution is 5.34. The van der Waals surface area contributed by atoms with E-state index in [0.717, 1.165) is 16.7 Å². The molecule has 0 aliphatic rings. The van der Waals surface area contributed by atoms with Gasteiger partial charge in [0.1, 0.15) is 11.6 Å². The first kappa shape index (κ1) is 17.3. The maximum atomic E-state index is 13.3. The second kappa shape index (κ2) is 8.04. The van der Waals surface area contributed by atoms with E-state index >= 15 is 0 Å². The lowest BCUT2D eigenvalue weighted by atomic mass is 9.87. The molecule has 1 nitrogen and oxygen atoms in total. The van der Waals surface area contributed by atoms with Gasteiger partial charge in [0, 0.05) is 5.92 Å². The van der Waals surface area contributed by atoms with Gasteiger partial charge in [0.2, 0.25) is 0 Å². The van der Waals surface area contributed by atoms with Crippen LogP contribution in [0.2, 0.25) is 0 Å². The maximum Gasteiger partial charge on any atom is 0.123 e. The first-order valence-electron chi connectivity index (χ1n) is 8.30. The van der Waals surface area contributed by atoms with Crippen molar-refractivity contribution in [3.63, 3.8) is 0 Å². The van der Waals surface area contributed by atoms with Gasteiger partial charge < -0.3 is 4.74 Å². The van der Waals surface area contributed by atoms with Gasteiger partial charge in [-0.25, -0.2) is 8.78 Å². The van der Waals surface area contributed by atoms with Crippen LogP contribution in [0, 0.1) is 11.6 Å². The normalized spacial score (nSPS) is 12.3. The second-order valence-electron chi connectivity index (χ2n) is 6.08. The third-order valence-electron chi connectivity index (χ3n) is 4.28. The smallest absolute Gasteiger partial charge is 0.123 e. The average Bonchev–Trinajstić information content (AvgIpc) is 2.64. The van der Waals surface area contributed by atoms with Crippen LogP contribution < -0.4 is 0 Å². The van der Waals surface area contributed by atoms with Gasteiger partial charge in [0.05, 0.1) is 12.7 Å². The first-order valence-corrected chi connectivity index (χ1v) is 8.30. The lowest BCUT2D eigenvalue weighted by Gasteiger charge is -2.25. The fraction of sp³-hybridized carbons (Fsp3) is 0.182. The van der Waals surface area contributed by atoms with Gasteiger partial charge in [-0.05, 0) is 47.9 Å². The number of hydrogen-bond acceptors (Lipinski definition) is 1. The van der Waals surface area contributed by atoms with Crippen LogP contribution in [0.4, 0.5) is 8.78 Å². The highest BCUT2D eigenvalue weighted by Crippen LogP contribution is 2.30. The van der Waals surface area contributed by atoms with E-state index in [1.54, 1.807) is 24.3 Å². The van der Waals surface area contributed by atoms with Crippen molar-refractivity contribution in [1.82, 2.24) is 0 Å². The minimum absolute atomic E-state index is 0.107. The van der Waals surface area contributed by atoms with Crippen LogP contribution in [0.15, 0.2) is 78.9 Å². The summed E-state index contributed by atoms with van der Waals surface area (Å²) in [5, 5.41) is 0. The first-order chi connectivity index (χ1) is 12.1. The molecule has 0 aliphatic carbocycles. The van der Waals surface area contributed by atoms with Gasteiger partial charge in [-0.15, -0.1) is 0 Å². The van der Waals surface area contributed by atoms with E-state index in [0.29, 0.717) is 6.61 Å². The summed E-state index contributed by atoms with van der Waals surface area (Å²) in [5.41, 5.74) is 2.97. The summed E-state index contributed by atoms with van der Waals surface area (Å²) < 4.78 is 32.7. The molecule has 0 aromatic heterocycles. The molecule has 0 heterocycles. The van der Waals surface area contributed by atoms with Crippen molar-refractivity contribution in [3.05, 3.63) is 107 Å². The molecule has 0 N–H and O–H groups in total. The lowest BCUT2D eigenvalue weighted by molar-refractivity contribution is 0.0425. The minimum Gasteiger partial charge on any atom is -0.373 e. The van der Waals surface area contributed by atoms with E-state index in [9.17, 15) is 8.78 Å². The molecule has 0 radical (unpaired) electrons. The van der Waals surface area contributed by atoms with Gasteiger partial charge in [-0.1, -0.05) is 54.6 Å². The Morgan fingerprint density at radius 2 is 1.20 bits per heavy atom. The highest BCUT2D eigenvalue weighted by atomic mass is 19.1. The Labute approximate surface area is 146 Å². The Morgan fingerprint density at radius 1 is 0.720 bits per heavy atom. The molecule has 1 unspecified atom stereocenters. The van der Waals surface area contributed by atoms with Crippen molar-refractivity contribution >= 4 is 0 Å². The zero-order chi connectivity index (χ0) is 17.6. The van der Waals surface area contributed by atoms with E-state index < -0.39 is 0 Å². The van der Waals surface area contributed by atoms with Crippen LogP contribution in [-0.4, -0.2) is 6.10 Å². The number of rotatable bonds is 6.